The Kier molecular flexibility index (Phi) is 4.90. The van der Waals surface area contributed by atoms with Crippen LogP contribution in [0.3, 0.4) is 0 Å². The van der Waals surface area contributed by atoms with Crippen molar-refractivity contribution in [2.75, 3.05) is 26.2 Å². The number of benzene rings is 1. The number of carbonyl (C=O) groups excluding carboxylic acids is 1. The minimum Gasteiger partial charge on any atom is -0.372 e. The van der Waals surface area contributed by atoms with Gasteiger partial charge in [0.15, 0.2) is 0 Å². The topological polar surface area (TPSA) is 58.6 Å². The number of hydrogen-bond acceptors (Lipinski definition) is 5. The number of hydrogen-bond donors (Lipinski definition) is 0. The van der Waals surface area contributed by atoms with Crippen LogP contribution < -0.4 is 0 Å². The SMILES string of the molecule is O=C(c1cnccn1)N1CCN2C[C@H](OCc3ccccc3F)C[C@H]2C1. The molecule has 26 heavy (non-hydrogen) atoms. The minimum atomic E-state index is -0.232. The lowest BCUT2D eigenvalue weighted by molar-refractivity contribution is 0.0437. The molecule has 0 radical (unpaired) electrons. The quantitative estimate of drug-likeness (QED) is 0.835. The van der Waals surface area contributed by atoms with Crippen LogP contribution in [-0.2, 0) is 11.3 Å². The third-order valence-electron chi connectivity index (χ3n) is 5.08. The highest BCUT2D eigenvalue weighted by Gasteiger charge is 2.38. The van der Waals surface area contributed by atoms with Gasteiger partial charge in [0.25, 0.3) is 5.91 Å². The predicted octanol–water partition coefficient (Wildman–Crippen LogP) is 1.73. The third kappa shape index (κ3) is 3.59. The molecule has 1 aromatic heterocycles. The van der Waals surface area contributed by atoms with Gasteiger partial charge in [0, 0.05) is 50.2 Å². The average molecular weight is 356 g/mol. The number of nitrogens with zero attached hydrogens (tertiary/aromatic N) is 4. The van der Waals surface area contributed by atoms with E-state index in [-0.39, 0.29) is 30.5 Å². The second-order valence-corrected chi connectivity index (χ2v) is 6.75. The van der Waals surface area contributed by atoms with Gasteiger partial charge >= 0.3 is 0 Å². The molecule has 136 valence electrons. The normalized spacial score (nSPS) is 23.0. The number of rotatable bonds is 4. The molecule has 0 saturated carbocycles. The molecule has 2 aromatic rings. The molecule has 0 spiro atoms. The molecule has 0 bridgehead atoms. The van der Waals surface area contributed by atoms with Crippen LogP contribution >= 0.6 is 0 Å². The van der Waals surface area contributed by atoms with Crippen molar-refractivity contribution in [3.05, 3.63) is 59.9 Å². The fourth-order valence-corrected chi connectivity index (χ4v) is 3.70. The van der Waals surface area contributed by atoms with E-state index in [9.17, 15) is 9.18 Å². The second-order valence-electron chi connectivity index (χ2n) is 6.75. The molecule has 1 amide bonds. The molecular formula is C19H21FN4O2. The molecule has 0 N–H and O–H groups in total. The van der Waals surface area contributed by atoms with Crippen LogP contribution in [-0.4, -0.2) is 64.0 Å². The Labute approximate surface area is 151 Å². The third-order valence-corrected chi connectivity index (χ3v) is 5.08. The zero-order chi connectivity index (χ0) is 17.9. The van der Waals surface area contributed by atoms with Crippen molar-refractivity contribution in [1.82, 2.24) is 19.8 Å². The lowest BCUT2D eigenvalue weighted by Crippen LogP contribution is -2.52. The largest absolute Gasteiger partial charge is 0.372 e. The maximum Gasteiger partial charge on any atom is 0.274 e. The fraction of sp³-hybridized carbons (Fsp3) is 0.421. The van der Waals surface area contributed by atoms with Gasteiger partial charge in [-0.25, -0.2) is 9.37 Å². The fourth-order valence-electron chi connectivity index (χ4n) is 3.70. The van der Waals surface area contributed by atoms with Crippen molar-refractivity contribution in [3.8, 4) is 0 Å². The highest BCUT2D eigenvalue weighted by molar-refractivity contribution is 5.92. The molecule has 6 nitrogen and oxygen atoms in total. The van der Waals surface area contributed by atoms with Gasteiger partial charge in [0.1, 0.15) is 11.5 Å². The lowest BCUT2D eigenvalue weighted by atomic mass is 10.1. The standard InChI is InChI=1S/C19H21FN4O2/c20-17-4-2-1-3-14(17)13-26-16-9-15-11-24(8-7-23(15)12-16)19(25)18-10-21-5-6-22-18/h1-6,10,15-16H,7-9,11-13H2/t15-,16+/m0/s1. The van der Waals surface area contributed by atoms with E-state index in [4.69, 9.17) is 4.74 Å². The summed E-state index contributed by atoms with van der Waals surface area (Å²) < 4.78 is 19.6. The first-order valence-electron chi connectivity index (χ1n) is 8.85. The summed E-state index contributed by atoms with van der Waals surface area (Å²) in [7, 11) is 0. The van der Waals surface area contributed by atoms with Gasteiger partial charge in [-0.1, -0.05) is 18.2 Å². The van der Waals surface area contributed by atoms with Crippen molar-refractivity contribution in [2.45, 2.75) is 25.2 Å². The van der Waals surface area contributed by atoms with Gasteiger partial charge in [0.2, 0.25) is 0 Å². The first-order valence-corrected chi connectivity index (χ1v) is 8.85. The van der Waals surface area contributed by atoms with Crippen molar-refractivity contribution in [1.29, 1.82) is 0 Å². The first kappa shape index (κ1) is 17.1. The predicted molar refractivity (Wildman–Crippen MR) is 92.9 cm³/mol. The van der Waals surface area contributed by atoms with Crippen LogP contribution in [0, 0.1) is 5.82 Å². The van der Waals surface area contributed by atoms with Crippen molar-refractivity contribution < 1.29 is 13.9 Å². The number of piperazine rings is 1. The smallest absolute Gasteiger partial charge is 0.274 e. The summed E-state index contributed by atoms with van der Waals surface area (Å²) in [4.78, 5) is 24.8. The highest BCUT2D eigenvalue weighted by Crippen LogP contribution is 2.25. The first-order chi connectivity index (χ1) is 12.7. The molecule has 2 aliphatic heterocycles. The number of aromatic nitrogens is 2. The maximum atomic E-state index is 13.7. The van der Waals surface area contributed by atoms with Gasteiger partial charge in [-0.2, -0.15) is 0 Å². The number of carbonyl (C=O) groups is 1. The van der Waals surface area contributed by atoms with E-state index in [1.54, 1.807) is 18.3 Å². The van der Waals surface area contributed by atoms with Crippen LogP contribution in [0.5, 0.6) is 0 Å². The molecule has 0 aliphatic carbocycles. The van der Waals surface area contributed by atoms with Crippen molar-refractivity contribution >= 4 is 5.91 Å². The van der Waals surface area contributed by atoms with Crippen LogP contribution in [0.15, 0.2) is 42.9 Å². The molecule has 2 aliphatic rings. The molecule has 0 unspecified atom stereocenters. The van der Waals surface area contributed by atoms with Gasteiger partial charge in [-0.05, 0) is 12.5 Å². The van der Waals surface area contributed by atoms with Crippen molar-refractivity contribution in [2.24, 2.45) is 0 Å². The van der Waals surface area contributed by atoms with E-state index in [1.165, 1.54) is 18.5 Å². The van der Waals surface area contributed by atoms with Gasteiger partial charge in [-0.15, -0.1) is 0 Å². The number of fused-ring (bicyclic) bond motifs is 1. The molecule has 2 fully saturated rings. The van der Waals surface area contributed by atoms with Gasteiger partial charge < -0.3 is 9.64 Å². The Morgan fingerprint density at radius 1 is 1.23 bits per heavy atom. The van der Waals surface area contributed by atoms with E-state index in [2.05, 4.69) is 14.9 Å². The molecule has 4 rings (SSSR count). The summed E-state index contributed by atoms with van der Waals surface area (Å²) in [5.41, 5.74) is 0.961. The van der Waals surface area contributed by atoms with Crippen LogP contribution in [0.1, 0.15) is 22.5 Å². The molecule has 7 heteroatoms. The Hall–Kier alpha value is -2.38. The lowest BCUT2D eigenvalue weighted by Gasteiger charge is -2.37. The van der Waals surface area contributed by atoms with E-state index in [0.717, 1.165) is 19.5 Å². The maximum absolute atomic E-state index is 13.7. The van der Waals surface area contributed by atoms with E-state index in [0.29, 0.717) is 24.3 Å². The monoisotopic (exact) mass is 356 g/mol. The molecular weight excluding hydrogens is 335 g/mol. The van der Waals surface area contributed by atoms with Gasteiger partial charge in [0.05, 0.1) is 18.9 Å². The number of halogens is 1. The Bertz CT molecular complexity index is 773. The summed E-state index contributed by atoms with van der Waals surface area (Å²) in [5, 5.41) is 0. The van der Waals surface area contributed by atoms with E-state index in [1.807, 2.05) is 11.0 Å². The second kappa shape index (κ2) is 7.47. The number of ether oxygens (including phenoxy) is 1. The van der Waals surface area contributed by atoms with Gasteiger partial charge in [-0.3, -0.25) is 14.7 Å². The molecule has 1 aromatic carbocycles. The Balaban J connectivity index is 1.33. The van der Waals surface area contributed by atoms with E-state index >= 15 is 0 Å². The zero-order valence-corrected chi connectivity index (χ0v) is 14.4. The van der Waals surface area contributed by atoms with E-state index < -0.39 is 0 Å². The van der Waals surface area contributed by atoms with Crippen LogP contribution in [0.4, 0.5) is 4.39 Å². The molecule has 3 heterocycles. The summed E-state index contributed by atoms with van der Waals surface area (Å²) in [5.74, 6) is -0.308. The average Bonchev–Trinajstić information content (AvgIpc) is 3.09. The minimum absolute atomic E-state index is 0.0613. The summed E-state index contributed by atoms with van der Waals surface area (Å²) in [6.45, 7) is 3.25. The Morgan fingerprint density at radius 2 is 2.12 bits per heavy atom. The van der Waals surface area contributed by atoms with Crippen LogP contribution in [0.2, 0.25) is 0 Å². The highest BCUT2D eigenvalue weighted by atomic mass is 19.1. The van der Waals surface area contributed by atoms with Crippen molar-refractivity contribution in [3.63, 3.8) is 0 Å². The molecule has 2 atom stereocenters. The summed E-state index contributed by atoms with van der Waals surface area (Å²) in [6.07, 6.45) is 5.50. The Morgan fingerprint density at radius 3 is 2.92 bits per heavy atom. The summed E-state index contributed by atoms with van der Waals surface area (Å²) in [6, 6.07) is 6.97. The summed E-state index contributed by atoms with van der Waals surface area (Å²) >= 11 is 0. The number of amides is 1. The molecule has 2 saturated heterocycles. The van der Waals surface area contributed by atoms with Crippen LogP contribution in [0.25, 0.3) is 0 Å². The zero-order valence-electron chi connectivity index (χ0n) is 14.4.